The normalized spacial score (nSPS) is 11.8. The van der Waals surface area contributed by atoms with Gasteiger partial charge in [-0.3, -0.25) is 0 Å². The molecule has 0 aliphatic rings. The Morgan fingerprint density at radius 1 is 1.00 bits per heavy atom. The van der Waals surface area contributed by atoms with Gasteiger partial charge in [-0.05, 0) is 26.2 Å². The highest BCUT2D eigenvalue weighted by Crippen LogP contribution is 1.93. The molecule has 0 aliphatic heterocycles. The SMILES string of the molecule is CC=CCCC=CCCO. The molecule has 1 nitrogen and oxygen atoms in total. The van der Waals surface area contributed by atoms with Crippen LogP contribution in [0.5, 0.6) is 0 Å². The maximum Gasteiger partial charge on any atom is 0.0465 e. The standard InChI is InChI=1S/C9H16O/c1-2-3-4-5-6-7-8-9-10/h2-3,6-7,10H,4-5,8-9H2,1H3. The van der Waals surface area contributed by atoms with Crippen LogP contribution in [0.25, 0.3) is 0 Å². The predicted octanol–water partition coefficient (Wildman–Crippen LogP) is 2.28. The first-order valence-electron chi connectivity index (χ1n) is 3.78. The van der Waals surface area contributed by atoms with Gasteiger partial charge in [0.15, 0.2) is 0 Å². The molecule has 58 valence electrons. The van der Waals surface area contributed by atoms with Gasteiger partial charge in [-0.2, -0.15) is 0 Å². The molecule has 0 fully saturated rings. The fraction of sp³-hybridized carbons (Fsp3) is 0.556. The Kier molecular flexibility index (Phi) is 7.97. The van der Waals surface area contributed by atoms with Crippen LogP contribution in [-0.2, 0) is 0 Å². The highest BCUT2D eigenvalue weighted by atomic mass is 16.2. The van der Waals surface area contributed by atoms with Crippen LogP contribution in [0.1, 0.15) is 26.2 Å². The third-order valence-corrected chi connectivity index (χ3v) is 1.20. The van der Waals surface area contributed by atoms with Crippen molar-refractivity contribution in [3.05, 3.63) is 24.3 Å². The Morgan fingerprint density at radius 2 is 1.60 bits per heavy atom. The highest BCUT2D eigenvalue weighted by Gasteiger charge is 1.75. The van der Waals surface area contributed by atoms with Crippen molar-refractivity contribution < 1.29 is 5.11 Å². The molecular weight excluding hydrogens is 124 g/mol. The highest BCUT2D eigenvalue weighted by molar-refractivity contribution is 4.86. The summed E-state index contributed by atoms with van der Waals surface area (Å²) < 4.78 is 0. The van der Waals surface area contributed by atoms with Crippen molar-refractivity contribution >= 4 is 0 Å². The molecule has 0 heterocycles. The summed E-state index contributed by atoms with van der Waals surface area (Å²) in [5, 5.41) is 8.40. The summed E-state index contributed by atoms with van der Waals surface area (Å²) in [5.74, 6) is 0. The van der Waals surface area contributed by atoms with Gasteiger partial charge >= 0.3 is 0 Å². The molecule has 0 saturated heterocycles. The number of allylic oxidation sites excluding steroid dienone is 3. The summed E-state index contributed by atoms with van der Waals surface area (Å²) in [7, 11) is 0. The van der Waals surface area contributed by atoms with Crippen molar-refractivity contribution in [1.29, 1.82) is 0 Å². The first-order valence-corrected chi connectivity index (χ1v) is 3.78. The van der Waals surface area contributed by atoms with Crippen LogP contribution >= 0.6 is 0 Å². The van der Waals surface area contributed by atoms with Crippen LogP contribution in [0.3, 0.4) is 0 Å². The molecule has 0 radical (unpaired) electrons. The second kappa shape index (κ2) is 8.44. The molecule has 0 unspecified atom stereocenters. The van der Waals surface area contributed by atoms with Crippen molar-refractivity contribution in [2.45, 2.75) is 26.2 Å². The molecule has 0 saturated carbocycles. The molecule has 10 heavy (non-hydrogen) atoms. The van der Waals surface area contributed by atoms with Crippen molar-refractivity contribution in [2.75, 3.05) is 6.61 Å². The van der Waals surface area contributed by atoms with Crippen LogP contribution in [0.15, 0.2) is 24.3 Å². The summed E-state index contributed by atoms with van der Waals surface area (Å²) in [6.45, 7) is 2.29. The van der Waals surface area contributed by atoms with E-state index in [9.17, 15) is 0 Å². The first kappa shape index (κ1) is 9.44. The van der Waals surface area contributed by atoms with E-state index in [0.717, 1.165) is 19.3 Å². The number of rotatable bonds is 5. The maximum absolute atomic E-state index is 8.40. The average molecular weight is 140 g/mol. The summed E-state index contributed by atoms with van der Waals surface area (Å²) in [6, 6.07) is 0. The average Bonchev–Trinajstić information content (AvgIpc) is 1.97. The molecule has 1 heteroatoms. The number of unbranched alkanes of at least 4 members (excludes halogenated alkanes) is 1. The van der Waals surface area contributed by atoms with Gasteiger partial charge in [0.05, 0.1) is 0 Å². The van der Waals surface area contributed by atoms with Crippen LogP contribution in [-0.4, -0.2) is 11.7 Å². The summed E-state index contributed by atoms with van der Waals surface area (Å²) in [5.41, 5.74) is 0. The zero-order chi connectivity index (χ0) is 7.66. The Morgan fingerprint density at radius 3 is 2.20 bits per heavy atom. The Labute approximate surface area is 63.1 Å². The molecule has 0 atom stereocenters. The number of aliphatic hydroxyl groups excluding tert-OH is 1. The van der Waals surface area contributed by atoms with Gasteiger partial charge in [0, 0.05) is 6.61 Å². The van der Waals surface area contributed by atoms with Gasteiger partial charge in [-0.1, -0.05) is 24.3 Å². The quantitative estimate of drug-likeness (QED) is 0.459. The molecule has 0 amide bonds. The van der Waals surface area contributed by atoms with Gasteiger partial charge in [-0.15, -0.1) is 0 Å². The summed E-state index contributed by atoms with van der Waals surface area (Å²) >= 11 is 0. The molecule has 0 rings (SSSR count). The van der Waals surface area contributed by atoms with E-state index in [-0.39, 0.29) is 6.61 Å². The van der Waals surface area contributed by atoms with E-state index in [1.165, 1.54) is 0 Å². The van der Waals surface area contributed by atoms with E-state index < -0.39 is 0 Å². The van der Waals surface area contributed by atoms with Crippen molar-refractivity contribution in [2.24, 2.45) is 0 Å². The minimum absolute atomic E-state index is 0.264. The first-order chi connectivity index (χ1) is 4.91. The lowest BCUT2D eigenvalue weighted by Gasteiger charge is -1.85. The van der Waals surface area contributed by atoms with Crippen LogP contribution in [0, 0.1) is 0 Å². The largest absolute Gasteiger partial charge is 0.396 e. The smallest absolute Gasteiger partial charge is 0.0465 e. The molecule has 0 bridgehead atoms. The zero-order valence-corrected chi connectivity index (χ0v) is 6.59. The molecule has 0 aromatic carbocycles. The molecule has 0 aromatic rings. The lowest BCUT2D eigenvalue weighted by atomic mass is 10.2. The second-order valence-corrected chi connectivity index (χ2v) is 2.13. The number of aliphatic hydroxyl groups is 1. The van der Waals surface area contributed by atoms with Gasteiger partial charge in [-0.25, -0.2) is 0 Å². The van der Waals surface area contributed by atoms with E-state index in [1.54, 1.807) is 0 Å². The third kappa shape index (κ3) is 7.44. The monoisotopic (exact) mass is 140 g/mol. The van der Waals surface area contributed by atoms with Crippen LogP contribution in [0.4, 0.5) is 0 Å². The Bertz CT molecular complexity index is 103. The Balaban J connectivity index is 3.02. The third-order valence-electron chi connectivity index (χ3n) is 1.20. The number of hydrogen-bond acceptors (Lipinski definition) is 1. The van der Waals surface area contributed by atoms with Crippen molar-refractivity contribution in [3.63, 3.8) is 0 Å². The molecule has 1 N–H and O–H groups in total. The molecule has 0 spiro atoms. The minimum atomic E-state index is 0.264. The van der Waals surface area contributed by atoms with Gasteiger partial charge in [0.1, 0.15) is 0 Å². The zero-order valence-electron chi connectivity index (χ0n) is 6.59. The van der Waals surface area contributed by atoms with Crippen molar-refractivity contribution in [1.82, 2.24) is 0 Å². The predicted molar refractivity (Wildman–Crippen MR) is 44.9 cm³/mol. The van der Waals surface area contributed by atoms with E-state index in [0.29, 0.717) is 0 Å². The lowest BCUT2D eigenvalue weighted by Crippen LogP contribution is -1.74. The van der Waals surface area contributed by atoms with E-state index >= 15 is 0 Å². The Hall–Kier alpha value is -0.560. The van der Waals surface area contributed by atoms with Crippen LogP contribution in [0.2, 0.25) is 0 Å². The van der Waals surface area contributed by atoms with Crippen molar-refractivity contribution in [3.8, 4) is 0 Å². The van der Waals surface area contributed by atoms with E-state index in [2.05, 4.69) is 18.2 Å². The summed E-state index contributed by atoms with van der Waals surface area (Å²) in [6.07, 6.45) is 11.3. The van der Waals surface area contributed by atoms with E-state index in [4.69, 9.17) is 5.11 Å². The number of hydrogen-bond donors (Lipinski definition) is 1. The lowest BCUT2D eigenvalue weighted by molar-refractivity contribution is 0.302. The van der Waals surface area contributed by atoms with Crippen LogP contribution < -0.4 is 0 Å². The van der Waals surface area contributed by atoms with Gasteiger partial charge in [0.2, 0.25) is 0 Å². The minimum Gasteiger partial charge on any atom is -0.396 e. The molecular formula is C9H16O. The molecule has 0 aliphatic carbocycles. The van der Waals surface area contributed by atoms with Gasteiger partial charge < -0.3 is 5.11 Å². The fourth-order valence-corrected chi connectivity index (χ4v) is 0.669. The van der Waals surface area contributed by atoms with Gasteiger partial charge in [0.25, 0.3) is 0 Å². The maximum atomic E-state index is 8.40. The topological polar surface area (TPSA) is 20.2 Å². The second-order valence-electron chi connectivity index (χ2n) is 2.13. The fourth-order valence-electron chi connectivity index (χ4n) is 0.669. The molecule has 0 aromatic heterocycles. The van der Waals surface area contributed by atoms with E-state index in [1.807, 2.05) is 13.0 Å². The summed E-state index contributed by atoms with van der Waals surface area (Å²) in [4.78, 5) is 0.